The quantitative estimate of drug-likeness (QED) is 0.543. The molecule has 1 unspecified atom stereocenters. The van der Waals surface area contributed by atoms with E-state index in [-0.39, 0.29) is 16.0 Å². The Morgan fingerprint density at radius 1 is 1.53 bits per heavy atom. The van der Waals surface area contributed by atoms with Crippen LogP contribution in [-0.4, -0.2) is 31.6 Å². The first-order valence-corrected chi connectivity index (χ1v) is 8.70. The summed E-state index contributed by atoms with van der Waals surface area (Å²) >= 11 is 7.46. The molecule has 0 spiro atoms. The summed E-state index contributed by atoms with van der Waals surface area (Å²) < 4.78 is 6.33. The normalized spacial score (nSPS) is 35.4. The maximum absolute atomic E-state index is 10.0. The zero-order chi connectivity index (χ0) is 14.9. The van der Waals surface area contributed by atoms with E-state index in [4.69, 9.17) is 4.74 Å². The molecule has 0 radical (unpaired) electrons. The van der Waals surface area contributed by atoms with Gasteiger partial charge in [-0.3, -0.25) is 0 Å². The summed E-state index contributed by atoms with van der Waals surface area (Å²) in [6, 6.07) is 0. The van der Waals surface area contributed by atoms with Gasteiger partial charge in [-0.15, -0.1) is 6.58 Å². The number of hydrogen-bond acceptors (Lipinski definition) is 2. The average molecular weight is 398 g/mol. The molecule has 0 saturated carbocycles. The van der Waals surface area contributed by atoms with Gasteiger partial charge in [0.25, 0.3) is 0 Å². The van der Waals surface area contributed by atoms with E-state index >= 15 is 0 Å². The number of halogens is 2. The summed E-state index contributed by atoms with van der Waals surface area (Å²) in [5.41, 5.74) is -1.16. The smallest absolute Gasteiger partial charge is 0.0797 e. The topological polar surface area (TPSA) is 29.5 Å². The van der Waals surface area contributed by atoms with Crippen LogP contribution in [0.2, 0.25) is 0 Å². The van der Waals surface area contributed by atoms with Gasteiger partial charge in [0, 0.05) is 9.65 Å². The van der Waals surface area contributed by atoms with Gasteiger partial charge < -0.3 is 9.84 Å². The molecular weight excluding hydrogens is 372 g/mol. The first-order valence-electron chi connectivity index (χ1n) is 6.87. The van der Waals surface area contributed by atoms with Crippen molar-refractivity contribution < 1.29 is 9.84 Å². The Kier molecular flexibility index (Phi) is 5.73. The lowest BCUT2D eigenvalue weighted by molar-refractivity contribution is -0.160. The summed E-state index contributed by atoms with van der Waals surface area (Å²) in [5, 5.41) is 10.0. The van der Waals surface area contributed by atoms with Gasteiger partial charge in [-0.2, -0.15) is 0 Å². The summed E-state index contributed by atoms with van der Waals surface area (Å²) in [7, 11) is 0. The number of alkyl halides is 2. The van der Waals surface area contributed by atoms with E-state index in [1.54, 1.807) is 13.0 Å². The first-order chi connectivity index (χ1) is 8.52. The van der Waals surface area contributed by atoms with Crippen LogP contribution in [0.1, 0.15) is 53.4 Å². The lowest BCUT2D eigenvalue weighted by Gasteiger charge is -2.48. The number of hydrogen-bond donors (Lipinski definition) is 1. The van der Waals surface area contributed by atoms with E-state index < -0.39 is 5.60 Å². The molecule has 0 aromatic rings. The maximum Gasteiger partial charge on any atom is 0.0797 e. The Morgan fingerprint density at radius 3 is 2.58 bits per heavy atom. The minimum Gasteiger partial charge on any atom is -0.386 e. The third-order valence-electron chi connectivity index (χ3n) is 4.15. The molecule has 1 aliphatic heterocycles. The Hall–Kier alpha value is 0.620. The van der Waals surface area contributed by atoms with Gasteiger partial charge >= 0.3 is 0 Å². The fourth-order valence-corrected chi connectivity index (χ4v) is 3.40. The Bertz CT molecular complexity index is 328. The first kappa shape index (κ1) is 17.7. The second kappa shape index (κ2) is 6.17. The third kappa shape index (κ3) is 4.55. The highest BCUT2D eigenvalue weighted by Gasteiger charge is 2.46. The fourth-order valence-electron chi connectivity index (χ4n) is 2.52. The van der Waals surface area contributed by atoms with E-state index in [0.29, 0.717) is 11.2 Å². The minimum atomic E-state index is -0.801. The van der Waals surface area contributed by atoms with Crippen molar-refractivity contribution in [2.75, 3.05) is 0 Å². The molecule has 0 bridgehead atoms. The molecule has 19 heavy (non-hydrogen) atoms. The van der Waals surface area contributed by atoms with E-state index in [1.165, 1.54) is 0 Å². The lowest BCUT2D eigenvalue weighted by atomic mass is 9.83. The Balaban J connectivity index is 2.65. The number of aliphatic hydroxyl groups is 1. The predicted molar refractivity (Wildman–Crippen MR) is 88.3 cm³/mol. The van der Waals surface area contributed by atoms with E-state index in [9.17, 15) is 5.11 Å². The van der Waals surface area contributed by atoms with Crippen LogP contribution >= 0.6 is 31.9 Å². The van der Waals surface area contributed by atoms with Crippen LogP contribution in [-0.2, 0) is 4.74 Å². The average Bonchev–Trinajstić information content (AvgIpc) is 2.31. The molecule has 1 rings (SSSR count). The summed E-state index contributed by atoms with van der Waals surface area (Å²) in [4.78, 5) is 0.620. The van der Waals surface area contributed by atoms with Crippen LogP contribution in [0, 0.1) is 0 Å². The minimum absolute atomic E-state index is 0.167. The second-order valence-electron chi connectivity index (χ2n) is 6.59. The molecule has 1 heterocycles. The molecule has 1 N–H and O–H groups in total. The lowest BCUT2D eigenvalue weighted by Crippen LogP contribution is -2.53. The molecule has 0 aromatic carbocycles. The van der Waals surface area contributed by atoms with Gasteiger partial charge in [0.15, 0.2) is 0 Å². The number of ether oxygens (including phenoxy) is 1. The molecule has 1 fully saturated rings. The summed E-state index contributed by atoms with van der Waals surface area (Å²) in [6.45, 7) is 11.9. The molecule has 1 saturated heterocycles. The standard InChI is InChI=1S/C15H26Br2O2/c1-6-14(4,18)9-7-12(17)15(5)10-8-11(16)13(2,3)19-15/h6,11-12,18H,1,7-10H2,2-5H3/t11-,12-,14?,15+/m0/s1. The van der Waals surface area contributed by atoms with Crippen molar-refractivity contribution in [2.45, 2.75) is 79.8 Å². The zero-order valence-corrected chi connectivity index (χ0v) is 15.6. The molecule has 4 atom stereocenters. The van der Waals surface area contributed by atoms with Crippen molar-refractivity contribution in [1.82, 2.24) is 0 Å². The van der Waals surface area contributed by atoms with Crippen molar-refractivity contribution in [3.8, 4) is 0 Å². The summed E-state index contributed by atoms with van der Waals surface area (Å²) in [6.07, 6.45) is 5.26. The van der Waals surface area contributed by atoms with Crippen molar-refractivity contribution in [2.24, 2.45) is 0 Å². The van der Waals surface area contributed by atoms with Crippen molar-refractivity contribution in [3.63, 3.8) is 0 Å². The SMILES string of the molecule is C=CC(C)(O)CC[C@H](Br)[C@@]1(C)CC[C@H](Br)C(C)(C)O1. The number of rotatable bonds is 5. The molecule has 112 valence electrons. The highest BCUT2D eigenvalue weighted by molar-refractivity contribution is 9.09. The van der Waals surface area contributed by atoms with Crippen LogP contribution < -0.4 is 0 Å². The van der Waals surface area contributed by atoms with Gasteiger partial charge in [0.1, 0.15) is 0 Å². The molecule has 2 nitrogen and oxygen atoms in total. The van der Waals surface area contributed by atoms with Crippen molar-refractivity contribution in [1.29, 1.82) is 0 Å². The fraction of sp³-hybridized carbons (Fsp3) is 0.867. The van der Waals surface area contributed by atoms with E-state index in [2.05, 4.69) is 59.2 Å². The Morgan fingerprint density at radius 2 is 2.11 bits per heavy atom. The zero-order valence-electron chi connectivity index (χ0n) is 12.4. The molecule has 0 aliphatic carbocycles. The van der Waals surface area contributed by atoms with Gasteiger partial charge in [-0.1, -0.05) is 37.9 Å². The largest absolute Gasteiger partial charge is 0.386 e. The van der Waals surface area contributed by atoms with Gasteiger partial charge in [0.05, 0.1) is 16.8 Å². The van der Waals surface area contributed by atoms with Crippen molar-refractivity contribution >= 4 is 31.9 Å². The van der Waals surface area contributed by atoms with Crippen LogP contribution in [0.3, 0.4) is 0 Å². The molecule has 0 aromatic heterocycles. The monoisotopic (exact) mass is 396 g/mol. The maximum atomic E-state index is 10.0. The highest BCUT2D eigenvalue weighted by atomic mass is 79.9. The van der Waals surface area contributed by atoms with Crippen LogP contribution in [0.25, 0.3) is 0 Å². The van der Waals surface area contributed by atoms with E-state index in [1.807, 2.05) is 0 Å². The molecule has 4 heteroatoms. The van der Waals surface area contributed by atoms with E-state index in [0.717, 1.165) is 19.3 Å². The third-order valence-corrected chi connectivity index (χ3v) is 7.14. The highest BCUT2D eigenvalue weighted by Crippen LogP contribution is 2.43. The predicted octanol–water partition coefficient (Wildman–Crippen LogP) is 4.58. The van der Waals surface area contributed by atoms with Gasteiger partial charge in [0.2, 0.25) is 0 Å². The van der Waals surface area contributed by atoms with Gasteiger partial charge in [-0.25, -0.2) is 0 Å². The van der Waals surface area contributed by atoms with Crippen molar-refractivity contribution in [3.05, 3.63) is 12.7 Å². The molecular formula is C15H26Br2O2. The van der Waals surface area contributed by atoms with Gasteiger partial charge in [-0.05, 0) is 53.4 Å². The molecule has 0 amide bonds. The van der Waals surface area contributed by atoms with Crippen LogP contribution in [0.5, 0.6) is 0 Å². The van der Waals surface area contributed by atoms with Crippen LogP contribution in [0.15, 0.2) is 12.7 Å². The van der Waals surface area contributed by atoms with Crippen LogP contribution in [0.4, 0.5) is 0 Å². The molecule has 1 aliphatic rings. The summed E-state index contributed by atoms with van der Waals surface area (Å²) in [5.74, 6) is 0. The Labute approximate surface area is 134 Å². The second-order valence-corrected chi connectivity index (χ2v) is 8.80.